The summed E-state index contributed by atoms with van der Waals surface area (Å²) in [7, 11) is 0. The highest BCUT2D eigenvalue weighted by Crippen LogP contribution is 2.33. The van der Waals surface area contributed by atoms with E-state index in [1.807, 2.05) is 39.9 Å². The van der Waals surface area contributed by atoms with Crippen molar-refractivity contribution in [3.63, 3.8) is 0 Å². The van der Waals surface area contributed by atoms with E-state index >= 15 is 0 Å². The fourth-order valence-electron chi connectivity index (χ4n) is 4.50. The Morgan fingerprint density at radius 2 is 1.93 bits per heavy atom. The van der Waals surface area contributed by atoms with Crippen LogP contribution in [0.25, 0.3) is 5.69 Å². The van der Waals surface area contributed by atoms with Crippen molar-refractivity contribution in [2.24, 2.45) is 0 Å². The quantitative estimate of drug-likeness (QED) is 0.800. The number of allylic oxidation sites excluding steroid dienone is 1. The molecule has 2 aromatic rings. The normalized spacial score (nSPS) is 18.2. The van der Waals surface area contributed by atoms with Crippen LogP contribution in [0.1, 0.15) is 62.1 Å². The van der Waals surface area contributed by atoms with E-state index in [-0.39, 0.29) is 12.5 Å². The highest BCUT2D eigenvalue weighted by molar-refractivity contribution is 5.78. The number of aliphatic hydroxyl groups is 1. The molecule has 5 nitrogen and oxygen atoms in total. The molecule has 148 valence electrons. The third kappa shape index (κ3) is 4.04. The van der Waals surface area contributed by atoms with Gasteiger partial charge in [-0.25, -0.2) is 4.68 Å². The molecule has 1 aromatic carbocycles. The van der Waals surface area contributed by atoms with Crippen LogP contribution in [0.4, 0.5) is 0 Å². The van der Waals surface area contributed by atoms with Crippen molar-refractivity contribution >= 4 is 5.91 Å². The van der Waals surface area contributed by atoms with Crippen molar-refractivity contribution in [2.75, 3.05) is 13.1 Å². The molecule has 5 heteroatoms. The first kappa shape index (κ1) is 18.9. The van der Waals surface area contributed by atoms with Crippen LogP contribution in [0.2, 0.25) is 0 Å². The van der Waals surface area contributed by atoms with Gasteiger partial charge in [0.2, 0.25) is 5.91 Å². The summed E-state index contributed by atoms with van der Waals surface area (Å²) in [6, 6.07) is 10.1. The molecule has 2 aliphatic rings. The Balaban J connectivity index is 1.44. The highest BCUT2D eigenvalue weighted by Gasteiger charge is 2.28. The van der Waals surface area contributed by atoms with Gasteiger partial charge in [-0.3, -0.25) is 4.79 Å². The van der Waals surface area contributed by atoms with Crippen molar-refractivity contribution in [2.45, 2.75) is 57.5 Å². The van der Waals surface area contributed by atoms with Gasteiger partial charge in [0.05, 0.1) is 24.2 Å². The van der Waals surface area contributed by atoms with Gasteiger partial charge in [0.1, 0.15) is 0 Å². The predicted molar refractivity (Wildman–Crippen MR) is 109 cm³/mol. The van der Waals surface area contributed by atoms with E-state index in [1.165, 1.54) is 18.4 Å². The third-order valence-electron chi connectivity index (χ3n) is 6.06. The highest BCUT2D eigenvalue weighted by atomic mass is 16.3. The molecule has 0 bridgehead atoms. The summed E-state index contributed by atoms with van der Waals surface area (Å²) in [5.74, 6) is 0.577. The minimum Gasteiger partial charge on any atom is -0.392 e. The van der Waals surface area contributed by atoms with Crippen molar-refractivity contribution in [3.8, 4) is 5.69 Å². The topological polar surface area (TPSA) is 58.4 Å². The van der Waals surface area contributed by atoms with Crippen molar-refractivity contribution in [1.29, 1.82) is 0 Å². The summed E-state index contributed by atoms with van der Waals surface area (Å²) in [5.41, 5.74) is 4.32. The molecule has 1 N–H and O–H groups in total. The van der Waals surface area contributed by atoms with Gasteiger partial charge in [0.15, 0.2) is 0 Å². The summed E-state index contributed by atoms with van der Waals surface area (Å²) >= 11 is 0. The van der Waals surface area contributed by atoms with E-state index in [0.29, 0.717) is 12.3 Å². The Morgan fingerprint density at radius 3 is 2.61 bits per heavy atom. The second-order valence-electron chi connectivity index (χ2n) is 7.90. The van der Waals surface area contributed by atoms with Gasteiger partial charge < -0.3 is 10.0 Å². The number of hydrogen-bond acceptors (Lipinski definition) is 3. The maximum atomic E-state index is 12.7. The van der Waals surface area contributed by atoms with Crippen LogP contribution in [0.15, 0.2) is 48.2 Å². The zero-order valence-corrected chi connectivity index (χ0v) is 16.4. The fraction of sp³-hybridized carbons (Fsp3) is 0.478. The number of benzene rings is 1. The first-order valence-electron chi connectivity index (χ1n) is 10.4. The maximum Gasteiger partial charge on any atom is 0.226 e. The van der Waals surface area contributed by atoms with E-state index in [1.54, 1.807) is 6.20 Å². The number of aliphatic hydroxyl groups excluding tert-OH is 1. The summed E-state index contributed by atoms with van der Waals surface area (Å²) in [6.07, 6.45) is 11.1. The SMILES string of the molecule is O=C(CC1=CCCCC1)N1CCC(c2c(CO)cnn2-c2ccccc2)CC1. The lowest BCUT2D eigenvalue weighted by Gasteiger charge is -2.33. The summed E-state index contributed by atoms with van der Waals surface area (Å²) in [6.45, 7) is 1.55. The van der Waals surface area contributed by atoms with Gasteiger partial charge in [-0.1, -0.05) is 29.8 Å². The molecule has 4 rings (SSSR count). The molecule has 0 spiro atoms. The number of piperidine rings is 1. The Morgan fingerprint density at radius 1 is 1.14 bits per heavy atom. The first-order chi connectivity index (χ1) is 13.8. The van der Waals surface area contributed by atoms with Crippen molar-refractivity contribution in [1.82, 2.24) is 14.7 Å². The number of amides is 1. The lowest BCUT2D eigenvalue weighted by molar-refractivity contribution is -0.131. The molecular weight excluding hydrogens is 350 g/mol. The minimum atomic E-state index is -0.00450. The molecule has 2 heterocycles. The average Bonchev–Trinajstić information content (AvgIpc) is 3.19. The molecule has 1 saturated heterocycles. The molecule has 1 fully saturated rings. The zero-order valence-electron chi connectivity index (χ0n) is 16.4. The second kappa shape index (κ2) is 8.74. The number of rotatable bonds is 5. The zero-order chi connectivity index (χ0) is 19.3. The molecule has 28 heavy (non-hydrogen) atoms. The van der Waals surface area contributed by atoms with Gasteiger partial charge in [-0.05, 0) is 50.7 Å². The molecule has 0 radical (unpaired) electrons. The van der Waals surface area contributed by atoms with E-state index in [2.05, 4.69) is 11.2 Å². The Bertz CT molecular complexity index is 833. The van der Waals surface area contributed by atoms with E-state index in [0.717, 1.165) is 55.7 Å². The smallest absolute Gasteiger partial charge is 0.226 e. The van der Waals surface area contributed by atoms with Gasteiger partial charge >= 0.3 is 0 Å². The van der Waals surface area contributed by atoms with Crippen LogP contribution in [0, 0.1) is 0 Å². The number of carbonyl (C=O) groups is 1. The maximum absolute atomic E-state index is 12.7. The summed E-state index contributed by atoms with van der Waals surface area (Å²) in [4.78, 5) is 14.7. The monoisotopic (exact) mass is 379 g/mol. The van der Waals surface area contributed by atoms with Crippen LogP contribution in [0.3, 0.4) is 0 Å². The Hall–Kier alpha value is -2.40. The summed E-state index contributed by atoms with van der Waals surface area (Å²) < 4.78 is 1.96. The molecule has 1 aromatic heterocycles. The van der Waals surface area contributed by atoms with Crippen LogP contribution in [-0.4, -0.2) is 38.8 Å². The summed E-state index contributed by atoms with van der Waals surface area (Å²) in [5, 5.41) is 14.3. The number of aromatic nitrogens is 2. The molecule has 0 atom stereocenters. The van der Waals surface area contributed by atoms with Gasteiger partial charge in [-0.15, -0.1) is 0 Å². The van der Waals surface area contributed by atoms with Crippen LogP contribution in [-0.2, 0) is 11.4 Å². The van der Waals surface area contributed by atoms with Crippen molar-refractivity contribution in [3.05, 3.63) is 59.4 Å². The molecule has 1 aliphatic heterocycles. The standard InChI is InChI=1S/C23H29N3O2/c27-17-20-16-24-26(21-9-5-2-6-10-21)23(20)19-11-13-25(14-12-19)22(28)15-18-7-3-1-4-8-18/h2,5-7,9-10,16,19,27H,1,3-4,8,11-15,17H2. The molecule has 1 aliphatic carbocycles. The number of para-hydroxylation sites is 1. The van der Waals surface area contributed by atoms with Crippen LogP contribution >= 0.6 is 0 Å². The minimum absolute atomic E-state index is 0.00450. The Kier molecular flexibility index (Phi) is 5.91. The van der Waals surface area contributed by atoms with E-state index in [4.69, 9.17) is 0 Å². The van der Waals surface area contributed by atoms with E-state index < -0.39 is 0 Å². The number of nitrogens with zero attached hydrogens (tertiary/aromatic N) is 3. The number of likely N-dealkylation sites (tertiary alicyclic amines) is 1. The molecule has 1 amide bonds. The van der Waals surface area contributed by atoms with Crippen molar-refractivity contribution < 1.29 is 9.90 Å². The lowest BCUT2D eigenvalue weighted by atomic mass is 9.90. The van der Waals surface area contributed by atoms with Gasteiger partial charge in [0, 0.05) is 31.0 Å². The predicted octanol–water partition coefficient (Wildman–Crippen LogP) is 3.96. The molecule has 0 saturated carbocycles. The average molecular weight is 380 g/mol. The molecule has 0 unspecified atom stereocenters. The molecular formula is C23H29N3O2. The Labute approximate surface area is 166 Å². The largest absolute Gasteiger partial charge is 0.392 e. The van der Waals surface area contributed by atoms with Crippen LogP contribution in [0.5, 0.6) is 0 Å². The lowest BCUT2D eigenvalue weighted by Crippen LogP contribution is -2.38. The van der Waals surface area contributed by atoms with Crippen LogP contribution < -0.4 is 0 Å². The van der Waals surface area contributed by atoms with E-state index in [9.17, 15) is 9.90 Å². The van der Waals surface area contributed by atoms with Gasteiger partial charge in [0.25, 0.3) is 0 Å². The number of carbonyl (C=O) groups excluding carboxylic acids is 1. The fourth-order valence-corrected chi connectivity index (χ4v) is 4.50. The number of hydrogen-bond donors (Lipinski definition) is 1. The second-order valence-corrected chi connectivity index (χ2v) is 7.90. The van der Waals surface area contributed by atoms with Gasteiger partial charge in [-0.2, -0.15) is 5.10 Å². The first-order valence-corrected chi connectivity index (χ1v) is 10.4. The third-order valence-corrected chi connectivity index (χ3v) is 6.06.